The van der Waals surface area contributed by atoms with E-state index in [1.54, 1.807) is 6.08 Å². The molecule has 0 fully saturated rings. The maximum absolute atomic E-state index is 12.3. The molecule has 158 valence electrons. The van der Waals surface area contributed by atoms with Crippen molar-refractivity contribution in [2.75, 3.05) is 5.32 Å². The zero-order chi connectivity index (χ0) is 22.2. The van der Waals surface area contributed by atoms with E-state index >= 15 is 0 Å². The van der Waals surface area contributed by atoms with E-state index in [0.29, 0.717) is 6.61 Å². The summed E-state index contributed by atoms with van der Waals surface area (Å²) >= 11 is 5.26. The van der Waals surface area contributed by atoms with Gasteiger partial charge in [-0.05, 0) is 64.5 Å². The van der Waals surface area contributed by atoms with E-state index < -0.39 is 0 Å². The van der Waals surface area contributed by atoms with Crippen molar-refractivity contribution in [3.05, 3.63) is 114 Å². The Hall–Kier alpha value is -3.96. The Bertz CT molecular complexity index is 1250. The summed E-state index contributed by atoms with van der Waals surface area (Å²) in [6, 6.07) is 31.5. The fourth-order valence-electron chi connectivity index (χ4n) is 3.25. The van der Waals surface area contributed by atoms with Gasteiger partial charge in [0.25, 0.3) is 0 Å². The minimum absolute atomic E-state index is 0.232. The van der Waals surface area contributed by atoms with Crippen LogP contribution in [0.25, 0.3) is 16.8 Å². The average molecular weight is 439 g/mol. The van der Waals surface area contributed by atoms with E-state index in [4.69, 9.17) is 17.0 Å². The van der Waals surface area contributed by atoms with Crippen LogP contribution in [0.2, 0.25) is 0 Å². The number of hydrogen-bond acceptors (Lipinski definition) is 3. The number of carbonyl (C=O) groups is 1. The van der Waals surface area contributed by atoms with E-state index in [1.807, 2.05) is 97.1 Å². The highest BCUT2D eigenvalue weighted by Gasteiger charge is 2.03. The van der Waals surface area contributed by atoms with Gasteiger partial charge < -0.3 is 10.1 Å². The predicted octanol–water partition coefficient (Wildman–Crippen LogP) is 5.95. The molecule has 0 aromatic heterocycles. The van der Waals surface area contributed by atoms with Crippen molar-refractivity contribution in [1.29, 1.82) is 0 Å². The summed E-state index contributed by atoms with van der Waals surface area (Å²) in [5, 5.41) is 8.14. The first kappa shape index (κ1) is 21.3. The Kier molecular flexibility index (Phi) is 6.90. The Balaban J connectivity index is 1.29. The SMILES string of the molecule is O=C(C=Cc1cccc2ccccc12)NC(=S)Nc1ccc(OCc2ccccc2)cc1. The van der Waals surface area contributed by atoms with Gasteiger partial charge in [0, 0.05) is 11.8 Å². The molecule has 0 heterocycles. The van der Waals surface area contributed by atoms with Crippen molar-refractivity contribution >= 4 is 45.8 Å². The highest BCUT2D eigenvalue weighted by Crippen LogP contribution is 2.20. The smallest absolute Gasteiger partial charge is 0.250 e. The van der Waals surface area contributed by atoms with Crippen LogP contribution in [0.3, 0.4) is 0 Å². The summed E-state index contributed by atoms with van der Waals surface area (Å²) in [5.41, 5.74) is 2.85. The first-order valence-electron chi connectivity index (χ1n) is 10.2. The van der Waals surface area contributed by atoms with Crippen LogP contribution in [0.4, 0.5) is 5.69 Å². The normalized spacial score (nSPS) is 10.8. The van der Waals surface area contributed by atoms with Crippen molar-refractivity contribution in [3.8, 4) is 5.75 Å². The number of rotatable bonds is 6. The standard InChI is InChI=1S/C27H22N2O2S/c30-26(18-13-22-11-6-10-21-9-4-5-12-25(21)22)29-27(32)28-23-14-16-24(17-15-23)31-19-20-7-2-1-3-8-20/h1-18H,19H2,(H2,28,29,30,32). The van der Waals surface area contributed by atoms with Gasteiger partial charge in [-0.25, -0.2) is 0 Å². The Morgan fingerprint density at radius 2 is 1.56 bits per heavy atom. The van der Waals surface area contributed by atoms with Crippen molar-refractivity contribution in [3.63, 3.8) is 0 Å². The second kappa shape index (κ2) is 10.4. The Morgan fingerprint density at radius 1 is 0.844 bits per heavy atom. The Morgan fingerprint density at radius 3 is 2.38 bits per heavy atom. The van der Waals surface area contributed by atoms with E-state index in [0.717, 1.165) is 33.3 Å². The number of amides is 1. The average Bonchev–Trinajstić information content (AvgIpc) is 2.83. The fourth-order valence-corrected chi connectivity index (χ4v) is 3.47. The second-order valence-electron chi connectivity index (χ2n) is 7.14. The minimum Gasteiger partial charge on any atom is -0.489 e. The van der Waals surface area contributed by atoms with E-state index in [-0.39, 0.29) is 11.0 Å². The quantitative estimate of drug-likeness (QED) is 0.289. The molecule has 2 N–H and O–H groups in total. The van der Waals surface area contributed by atoms with Crippen LogP contribution in [0, 0.1) is 0 Å². The number of ether oxygens (including phenoxy) is 1. The highest BCUT2D eigenvalue weighted by atomic mass is 32.1. The van der Waals surface area contributed by atoms with Gasteiger partial charge in [-0.3, -0.25) is 10.1 Å². The van der Waals surface area contributed by atoms with Crippen LogP contribution in [-0.2, 0) is 11.4 Å². The molecule has 4 aromatic rings. The summed E-state index contributed by atoms with van der Waals surface area (Å²) in [5.74, 6) is 0.464. The van der Waals surface area contributed by atoms with Crippen LogP contribution in [0.5, 0.6) is 5.75 Å². The van der Waals surface area contributed by atoms with Crippen molar-refractivity contribution < 1.29 is 9.53 Å². The van der Waals surface area contributed by atoms with E-state index in [1.165, 1.54) is 6.08 Å². The summed E-state index contributed by atoms with van der Waals surface area (Å²) < 4.78 is 5.78. The third-order valence-corrected chi connectivity index (χ3v) is 5.04. The van der Waals surface area contributed by atoms with Gasteiger partial charge in [-0.15, -0.1) is 0 Å². The topological polar surface area (TPSA) is 50.4 Å². The molecule has 0 radical (unpaired) electrons. The van der Waals surface area contributed by atoms with Gasteiger partial charge in [0.2, 0.25) is 5.91 Å². The Labute approximate surface area is 192 Å². The zero-order valence-corrected chi connectivity index (χ0v) is 18.1. The van der Waals surface area contributed by atoms with Crippen LogP contribution in [-0.4, -0.2) is 11.0 Å². The molecule has 4 nitrogen and oxygen atoms in total. The van der Waals surface area contributed by atoms with Gasteiger partial charge in [0.1, 0.15) is 12.4 Å². The molecule has 0 aliphatic rings. The largest absolute Gasteiger partial charge is 0.489 e. The lowest BCUT2D eigenvalue weighted by atomic mass is 10.0. The molecule has 0 saturated carbocycles. The molecule has 0 spiro atoms. The monoisotopic (exact) mass is 438 g/mol. The molecule has 0 saturated heterocycles. The third-order valence-electron chi connectivity index (χ3n) is 4.83. The molecular weight excluding hydrogens is 416 g/mol. The number of nitrogens with one attached hydrogen (secondary N) is 2. The second-order valence-corrected chi connectivity index (χ2v) is 7.55. The van der Waals surface area contributed by atoms with Crippen LogP contribution >= 0.6 is 12.2 Å². The maximum Gasteiger partial charge on any atom is 0.250 e. The highest BCUT2D eigenvalue weighted by molar-refractivity contribution is 7.80. The van der Waals surface area contributed by atoms with Gasteiger partial charge in [-0.2, -0.15) is 0 Å². The molecule has 4 aromatic carbocycles. The first-order valence-corrected chi connectivity index (χ1v) is 10.6. The van der Waals surface area contributed by atoms with E-state index in [2.05, 4.69) is 10.6 Å². The fraction of sp³-hybridized carbons (Fsp3) is 0.0370. The summed E-state index contributed by atoms with van der Waals surface area (Å²) in [6.07, 6.45) is 3.27. The van der Waals surface area contributed by atoms with E-state index in [9.17, 15) is 4.79 Å². The number of thiocarbonyl (C=S) groups is 1. The molecule has 0 atom stereocenters. The summed E-state index contributed by atoms with van der Waals surface area (Å²) in [4.78, 5) is 12.3. The molecule has 4 rings (SSSR count). The molecule has 5 heteroatoms. The van der Waals surface area contributed by atoms with Gasteiger partial charge in [-0.1, -0.05) is 72.8 Å². The van der Waals surface area contributed by atoms with Crippen LogP contribution < -0.4 is 15.4 Å². The number of carbonyl (C=O) groups excluding carboxylic acids is 1. The number of benzene rings is 4. The predicted molar refractivity (Wildman–Crippen MR) is 135 cm³/mol. The van der Waals surface area contributed by atoms with Crippen molar-refractivity contribution in [1.82, 2.24) is 5.32 Å². The minimum atomic E-state index is -0.293. The lowest BCUT2D eigenvalue weighted by Gasteiger charge is -2.10. The van der Waals surface area contributed by atoms with Crippen LogP contribution in [0.15, 0.2) is 103 Å². The van der Waals surface area contributed by atoms with Crippen LogP contribution in [0.1, 0.15) is 11.1 Å². The first-order chi connectivity index (χ1) is 15.7. The molecule has 0 aliphatic heterocycles. The number of hydrogen-bond donors (Lipinski definition) is 2. The molecular formula is C27H22N2O2S. The third kappa shape index (κ3) is 5.80. The molecule has 32 heavy (non-hydrogen) atoms. The number of anilines is 1. The lowest BCUT2D eigenvalue weighted by Crippen LogP contribution is -2.32. The van der Waals surface area contributed by atoms with Gasteiger partial charge in [0.15, 0.2) is 5.11 Å². The molecule has 0 unspecified atom stereocenters. The lowest BCUT2D eigenvalue weighted by molar-refractivity contribution is -0.115. The van der Waals surface area contributed by atoms with Gasteiger partial charge in [0.05, 0.1) is 0 Å². The molecule has 1 amide bonds. The molecule has 0 aliphatic carbocycles. The maximum atomic E-state index is 12.3. The summed E-state index contributed by atoms with van der Waals surface area (Å²) in [7, 11) is 0. The summed E-state index contributed by atoms with van der Waals surface area (Å²) in [6.45, 7) is 0.505. The zero-order valence-electron chi connectivity index (χ0n) is 17.3. The van der Waals surface area contributed by atoms with Crippen molar-refractivity contribution in [2.24, 2.45) is 0 Å². The number of fused-ring (bicyclic) bond motifs is 1. The van der Waals surface area contributed by atoms with Gasteiger partial charge >= 0.3 is 0 Å². The van der Waals surface area contributed by atoms with Crippen molar-refractivity contribution in [2.45, 2.75) is 6.61 Å². The molecule has 0 bridgehead atoms.